The Hall–Kier alpha value is -2.90. The van der Waals surface area contributed by atoms with Crippen LogP contribution in [0, 0.1) is 6.92 Å². The second-order valence-corrected chi connectivity index (χ2v) is 7.58. The normalized spacial score (nSPS) is 11.4. The van der Waals surface area contributed by atoms with Crippen molar-refractivity contribution >= 4 is 21.6 Å². The van der Waals surface area contributed by atoms with Crippen LogP contribution in [0.4, 0.5) is 0 Å². The van der Waals surface area contributed by atoms with Gasteiger partial charge in [-0.2, -0.15) is 0 Å². The number of aromatic amines is 1. The average Bonchev–Trinajstić information content (AvgIpc) is 3.32. The third-order valence-electron chi connectivity index (χ3n) is 4.46. The highest BCUT2D eigenvalue weighted by molar-refractivity contribution is 7.17. The van der Waals surface area contributed by atoms with Crippen molar-refractivity contribution < 1.29 is 9.15 Å². The van der Waals surface area contributed by atoms with Crippen LogP contribution in [0.3, 0.4) is 0 Å². The summed E-state index contributed by atoms with van der Waals surface area (Å²) in [5.74, 6) is 2.18. The van der Waals surface area contributed by atoms with Crippen LogP contribution in [0.25, 0.3) is 21.5 Å². The van der Waals surface area contributed by atoms with Gasteiger partial charge >= 0.3 is 0 Å². The Morgan fingerprint density at radius 3 is 2.82 bits per heavy atom. The van der Waals surface area contributed by atoms with Crippen LogP contribution in [-0.2, 0) is 6.54 Å². The van der Waals surface area contributed by atoms with E-state index in [0.717, 1.165) is 22.7 Å². The lowest BCUT2D eigenvalue weighted by Gasteiger charge is -2.16. The zero-order valence-electron chi connectivity index (χ0n) is 15.8. The number of benzene rings is 1. The van der Waals surface area contributed by atoms with Crippen molar-refractivity contribution in [3.8, 4) is 17.1 Å². The Morgan fingerprint density at radius 2 is 2.07 bits per heavy atom. The molecule has 0 bridgehead atoms. The molecule has 0 amide bonds. The van der Waals surface area contributed by atoms with E-state index in [4.69, 9.17) is 9.15 Å². The lowest BCUT2D eigenvalue weighted by atomic mass is 10.2. The lowest BCUT2D eigenvalue weighted by Crippen LogP contribution is -2.26. The summed E-state index contributed by atoms with van der Waals surface area (Å²) in [6.07, 6.45) is 1.60. The fraction of sp³-hybridized carbons (Fsp3) is 0.238. The molecule has 0 atom stereocenters. The third-order valence-corrected chi connectivity index (χ3v) is 5.33. The van der Waals surface area contributed by atoms with Crippen molar-refractivity contribution in [2.75, 3.05) is 20.2 Å². The van der Waals surface area contributed by atoms with Crippen LogP contribution in [0.5, 0.6) is 5.75 Å². The molecule has 4 aromatic rings. The first-order valence-corrected chi connectivity index (χ1v) is 9.90. The van der Waals surface area contributed by atoms with Gasteiger partial charge in [0.15, 0.2) is 0 Å². The number of likely N-dealkylation sites (N-methyl/N-ethyl adjacent to an activating group) is 1. The lowest BCUT2D eigenvalue weighted by molar-refractivity contribution is 0.230. The zero-order valence-corrected chi connectivity index (χ0v) is 16.6. The number of ether oxygens (including phenoxy) is 1. The number of fused-ring (bicyclic) bond motifs is 1. The summed E-state index contributed by atoms with van der Waals surface area (Å²) >= 11 is 1.45. The Balaban J connectivity index is 1.41. The van der Waals surface area contributed by atoms with Crippen LogP contribution in [-0.4, -0.2) is 35.1 Å². The molecule has 0 unspecified atom stereocenters. The van der Waals surface area contributed by atoms with E-state index < -0.39 is 0 Å². The highest BCUT2D eigenvalue weighted by Crippen LogP contribution is 2.30. The van der Waals surface area contributed by atoms with Gasteiger partial charge in [-0.25, -0.2) is 4.98 Å². The maximum Gasteiger partial charge on any atom is 0.260 e. The van der Waals surface area contributed by atoms with Gasteiger partial charge in [0.1, 0.15) is 28.8 Å². The summed E-state index contributed by atoms with van der Waals surface area (Å²) in [5, 5.41) is 2.49. The van der Waals surface area contributed by atoms with Crippen LogP contribution in [0.1, 0.15) is 11.4 Å². The van der Waals surface area contributed by atoms with E-state index >= 15 is 0 Å². The van der Waals surface area contributed by atoms with E-state index in [0.29, 0.717) is 30.1 Å². The first kappa shape index (κ1) is 18.5. The molecule has 7 heteroatoms. The van der Waals surface area contributed by atoms with E-state index in [-0.39, 0.29) is 5.56 Å². The summed E-state index contributed by atoms with van der Waals surface area (Å²) in [6.45, 7) is 3.87. The first-order valence-electron chi connectivity index (χ1n) is 9.02. The van der Waals surface area contributed by atoms with Crippen molar-refractivity contribution in [1.82, 2.24) is 14.9 Å². The molecule has 1 N–H and O–H groups in total. The standard InChI is InChI=1S/C21H21N3O3S/c1-14-5-7-15(8-6-14)26-11-9-24(2)12-18-22-20(25)19-16(13-28-21(19)23-18)17-4-3-10-27-17/h3-8,10,13H,9,11-12H2,1-2H3,(H,22,23,25). The number of H-pyrrole nitrogens is 1. The van der Waals surface area contributed by atoms with Gasteiger partial charge in [-0.05, 0) is 38.2 Å². The summed E-state index contributed by atoms with van der Waals surface area (Å²) in [6, 6.07) is 11.6. The van der Waals surface area contributed by atoms with E-state index in [1.165, 1.54) is 16.9 Å². The number of aryl methyl sites for hydroxylation is 1. The number of aromatic nitrogens is 2. The summed E-state index contributed by atoms with van der Waals surface area (Å²) < 4.78 is 11.2. The van der Waals surface area contributed by atoms with Crippen molar-refractivity contribution in [3.63, 3.8) is 0 Å². The van der Waals surface area contributed by atoms with Gasteiger partial charge < -0.3 is 14.1 Å². The summed E-state index contributed by atoms with van der Waals surface area (Å²) in [7, 11) is 1.98. The van der Waals surface area contributed by atoms with Crippen molar-refractivity contribution in [3.05, 3.63) is 69.8 Å². The second-order valence-electron chi connectivity index (χ2n) is 6.72. The second kappa shape index (κ2) is 8.00. The minimum absolute atomic E-state index is 0.142. The van der Waals surface area contributed by atoms with Gasteiger partial charge in [0.2, 0.25) is 0 Å². The van der Waals surface area contributed by atoms with Crippen molar-refractivity contribution in [2.24, 2.45) is 0 Å². The molecular weight excluding hydrogens is 374 g/mol. The number of hydrogen-bond donors (Lipinski definition) is 1. The summed E-state index contributed by atoms with van der Waals surface area (Å²) in [5.41, 5.74) is 1.85. The zero-order chi connectivity index (χ0) is 19.5. The van der Waals surface area contributed by atoms with Crippen molar-refractivity contribution in [2.45, 2.75) is 13.5 Å². The molecule has 0 saturated carbocycles. The molecule has 0 saturated heterocycles. The number of hydrogen-bond acceptors (Lipinski definition) is 6. The number of thiophene rings is 1. The van der Waals surface area contributed by atoms with Gasteiger partial charge in [-0.1, -0.05) is 17.7 Å². The van der Waals surface area contributed by atoms with Crippen LogP contribution >= 0.6 is 11.3 Å². The molecule has 144 valence electrons. The fourth-order valence-corrected chi connectivity index (χ4v) is 3.92. The number of furan rings is 1. The highest BCUT2D eigenvalue weighted by atomic mass is 32.1. The molecule has 6 nitrogen and oxygen atoms in total. The van der Waals surface area contributed by atoms with Gasteiger partial charge in [0, 0.05) is 17.5 Å². The van der Waals surface area contributed by atoms with E-state index in [9.17, 15) is 4.79 Å². The largest absolute Gasteiger partial charge is 0.492 e. The van der Waals surface area contributed by atoms with Gasteiger partial charge in [0.05, 0.1) is 18.2 Å². The number of nitrogens with one attached hydrogen (secondary N) is 1. The van der Waals surface area contributed by atoms with Crippen molar-refractivity contribution in [1.29, 1.82) is 0 Å². The monoisotopic (exact) mass is 395 g/mol. The molecule has 4 rings (SSSR count). The molecule has 0 spiro atoms. The highest BCUT2D eigenvalue weighted by Gasteiger charge is 2.15. The molecule has 0 radical (unpaired) electrons. The first-order chi connectivity index (χ1) is 13.6. The maximum absolute atomic E-state index is 12.6. The number of rotatable bonds is 7. The quantitative estimate of drug-likeness (QED) is 0.511. The third kappa shape index (κ3) is 4.00. The number of nitrogens with zero attached hydrogens (tertiary/aromatic N) is 2. The predicted molar refractivity (Wildman–Crippen MR) is 111 cm³/mol. The van der Waals surface area contributed by atoms with Crippen LogP contribution in [0.15, 0.2) is 57.3 Å². The van der Waals surface area contributed by atoms with E-state index in [1.54, 1.807) is 6.26 Å². The Labute approximate surface area is 166 Å². The topological polar surface area (TPSA) is 71.4 Å². The maximum atomic E-state index is 12.6. The minimum atomic E-state index is -0.142. The van der Waals surface area contributed by atoms with Gasteiger partial charge in [0.25, 0.3) is 5.56 Å². The smallest absolute Gasteiger partial charge is 0.260 e. The molecule has 28 heavy (non-hydrogen) atoms. The molecule has 1 aromatic carbocycles. The summed E-state index contributed by atoms with van der Waals surface area (Å²) in [4.78, 5) is 22.9. The molecular formula is C21H21N3O3S. The van der Waals surface area contributed by atoms with Crippen LogP contribution < -0.4 is 10.3 Å². The fourth-order valence-electron chi connectivity index (χ4n) is 2.97. The predicted octanol–water partition coefficient (Wildman–Crippen LogP) is 4.06. The molecule has 0 aliphatic carbocycles. The van der Waals surface area contributed by atoms with E-state index in [1.807, 2.05) is 55.7 Å². The molecule has 0 aliphatic heterocycles. The molecule has 3 heterocycles. The average molecular weight is 395 g/mol. The van der Waals surface area contributed by atoms with Gasteiger partial charge in [-0.3, -0.25) is 9.69 Å². The SMILES string of the molecule is Cc1ccc(OCCN(C)Cc2nc3scc(-c4ccco4)c3c(=O)[nH]2)cc1. The molecule has 0 aliphatic rings. The van der Waals surface area contributed by atoms with Gasteiger partial charge in [-0.15, -0.1) is 11.3 Å². The van der Waals surface area contributed by atoms with Crippen LogP contribution in [0.2, 0.25) is 0 Å². The molecule has 0 fully saturated rings. The Kier molecular flexibility index (Phi) is 5.27. The minimum Gasteiger partial charge on any atom is -0.492 e. The van der Waals surface area contributed by atoms with E-state index in [2.05, 4.69) is 14.9 Å². The Bertz CT molecular complexity index is 1110. The Morgan fingerprint density at radius 1 is 1.25 bits per heavy atom. The molecule has 3 aromatic heterocycles.